The Morgan fingerprint density at radius 2 is 1.57 bits per heavy atom. The molecule has 6 nitrogen and oxygen atoms in total. The van der Waals surface area contributed by atoms with E-state index in [0.717, 1.165) is 47.9 Å². The minimum absolute atomic E-state index is 0. The Morgan fingerprint density at radius 1 is 0.919 bits per heavy atom. The molecule has 0 saturated heterocycles. The lowest BCUT2D eigenvalue weighted by Gasteiger charge is -2.14. The molecule has 37 heavy (non-hydrogen) atoms. The fraction of sp³-hybridized carbons (Fsp3) is 0.345. The highest BCUT2D eigenvalue weighted by Gasteiger charge is 2.16. The van der Waals surface area contributed by atoms with Crippen LogP contribution < -0.4 is 10.0 Å². The summed E-state index contributed by atoms with van der Waals surface area (Å²) in [6.07, 6.45) is 2.88. The Labute approximate surface area is 227 Å². The molecule has 3 rings (SSSR count). The van der Waals surface area contributed by atoms with Gasteiger partial charge in [-0.05, 0) is 65.6 Å². The van der Waals surface area contributed by atoms with Crippen LogP contribution in [0.15, 0.2) is 72.8 Å². The number of aliphatic hydroxyl groups is 1. The number of carbonyl (C=O) groups excluding carboxylic acids is 1. The number of sulfonamides is 1. The predicted molar refractivity (Wildman–Crippen MR) is 153 cm³/mol. The van der Waals surface area contributed by atoms with Crippen LogP contribution >= 0.6 is 12.4 Å². The molecule has 3 aromatic carbocycles. The van der Waals surface area contributed by atoms with Crippen molar-refractivity contribution >= 4 is 28.3 Å². The maximum Gasteiger partial charge on any atom is 0.264 e. The summed E-state index contributed by atoms with van der Waals surface area (Å²) >= 11 is 0. The molecule has 0 unspecified atom stereocenters. The van der Waals surface area contributed by atoms with E-state index in [4.69, 9.17) is 0 Å². The molecule has 0 aliphatic heterocycles. The minimum Gasteiger partial charge on any atom is -0.387 e. The molecule has 3 aromatic rings. The van der Waals surface area contributed by atoms with Gasteiger partial charge in [-0.15, -0.1) is 12.4 Å². The van der Waals surface area contributed by atoms with Crippen molar-refractivity contribution in [3.8, 4) is 11.1 Å². The van der Waals surface area contributed by atoms with Crippen molar-refractivity contribution in [2.75, 3.05) is 19.3 Å². The fourth-order valence-electron chi connectivity index (χ4n) is 4.00. The van der Waals surface area contributed by atoms with E-state index in [1.165, 1.54) is 5.56 Å². The molecule has 1 atom stereocenters. The summed E-state index contributed by atoms with van der Waals surface area (Å²) in [5.74, 6) is -0.135. The van der Waals surface area contributed by atoms with Gasteiger partial charge in [-0.3, -0.25) is 4.79 Å². The van der Waals surface area contributed by atoms with Gasteiger partial charge in [0.1, 0.15) is 0 Å². The number of hydrogen-bond acceptors (Lipinski definition) is 5. The van der Waals surface area contributed by atoms with Crippen molar-refractivity contribution < 1.29 is 18.3 Å². The van der Waals surface area contributed by atoms with E-state index in [1.807, 2.05) is 42.5 Å². The summed E-state index contributed by atoms with van der Waals surface area (Å²) in [6.45, 7) is 5.50. The molecule has 0 fully saturated rings. The molecular formula is C29H37ClN2O4S. The Bertz CT molecular complexity index is 1250. The zero-order chi connectivity index (χ0) is 26.1. The highest BCUT2D eigenvalue weighted by atomic mass is 35.5. The minimum atomic E-state index is -3.63. The van der Waals surface area contributed by atoms with Crippen LogP contribution in [0.25, 0.3) is 11.1 Å². The molecule has 8 heteroatoms. The Kier molecular flexibility index (Phi) is 11.8. The first-order valence-electron chi connectivity index (χ1n) is 12.3. The Balaban J connectivity index is 0.00000481. The van der Waals surface area contributed by atoms with Crippen LogP contribution in [0.1, 0.15) is 53.4 Å². The number of rotatable bonds is 12. The molecule has 0 saturated carbocycles. The van der Waals surface area contributed by atoms with Crippen LogP contribution in [0.4, 0.5) is 0 Å². The number of nitrogens with one attached hydrogen (secondary N) is 2. The highest BCUT2D eigenvalue weighted by molar-refractivity contribution is 7.89. The summed E-state index contributed by atoms with van der Waals surface area (Å²) in [4.78, 5) is 12.6. The zero-order valence-electron chi connectivity index (χ0n) is 21.6. The Morgan fingerprint density at radius 3 is 2.19 bits per heavy atom. The second-order valence-corrected chi connectivity index (χ2v) is 11.3. The third-order valence-corrected chi connectivity index (χ3v) is 6.57. The average Bonchev–Trinajstić information content (AvgIpc) is 2.85. The molecule has 1 amide bonds. The first-order chi connectivity index (χ1) is 17.1. The van der Waals surface area contributed by atoms with Crippen LogP contribution in [0.3, 0.4) is 0 Å². The normalized spacial score (nSPS) is 12.1. The van der Waals surface area contributed by atoms with Gasteiger partial charge in [-0.25, -0.2) is 13.1 Å². The summed E-state index contributed by atoms with van der Waals surface area (Å²) in [5.41, 5.74) is 5.34. The van der Waals surface area contributed by atoms with Gasteiger partial charge >= 0.3 is 0 Å². The molecule has 0 aliphatic rings. The first-order valence-corrected chi connectivity index (χ1v) is 14.2. The highest BCUT2D eigenvalue weighted by Crippen LogP contribution is 2.25. The van der Waals surface area contributed by atoms with E-state index in [-0.39, 0.29) is 12.4 Å². The van der Waals surface area contributed by atoms with Crippen molar-refractivity contribution in [1.82, 2.24) is 10.0 Å². The standard InChI is InChI=1S/C29H36N2O4S.ClH/c1-21(2)9-12-26-19-25(15-16-27(26)29(33)31-36(3,34)35)23-13-10-22(11-14-23)17-18-30-20-28(32)24-7-5-4-6-8-24;/h4-8,10-11,13-16,19,21,28,30,32H,9,12,17-18,20H2,1-3H3,(H,31,33);1H/t28-;/m0./s1. The third kappa shape index (κ3) is 9.93. The lowest BCUT2D eigenvalue weighted by atomic mass is 9.93. The lowest BCUT2D eigenvalue weighted by Crippen LogP contribution is -2.30. The van der Waals surface area contributed by atoms with Crippen LogP contribution in [0, 0.1) is 5.92 Å². The van der Waals surface area contributed by atoms with Crippen molar-refractivity contribution in [1.29, 1.82) is 0 Å². The van der Waals surface area contributed by atoms with Gasteiger partial charge in [-0.1, -0.05) is 80.6 Å². The average molecular weight is 545 g/mol. The number of hydrogen-bond donors (Lipinski definition) is 3. The number of carbonyl (C=O) groups is 1. The van der Waals surface area contributed by atoms with Gasteiger partial charge in [0.25, 0.3) is 5.91 Å². The smallest absolute Gasteiger partial charge is 0.264 e. The summed E-state index contributed by atoms with van der Waals surface area (Å²) in [5, 5.41) is 13.6. The van der Waals surface area contributed by atoms with E-state index < -0.39 is 22.0 Å². The van der Waals surface area contributed by atoms with Crippen LogP contribution in [0.2, 0.25) is 0 Å². The summed E-state index contributed by atoms with van der Waals surface area (Å²) in [6, 6.07) is 23.5. The summed E-state index contributed by atoms with van der Waals surface area (Å²) in [7, 11) is -3.63. The SMILES string of the molecule is CC(C)CCc1cc(-c2ccc(CCNC[C@H](O)c3ccccc3)cc2)ccc1C(=O)NS(C)(=O)=O.Cl. The Hall–Kier alpha value is -2.71. The van der Waals surface area contributed by atoms with Crippen molar-refractivity contribution in [2.45, 2.75) is 39.2 Å². The van der Waals surface area contributed by atoms with Gasteiger partial charge in [-0.2, -0.15) is 0 Å². The van der Waals surface area contributed by atoms with Crippen LogP contribution in [-0.2, 0) is 22.9 Å². The van der Waals surface area contributed by atoms with Crippen LogP contribution in [-0.4, -0.2) is 38.8 Å². The molecule has 0 bridgehead atoms. The second kappa shape index (κ2) is 14.3. The fourth-order valence-corrected chi connectivity index (χ4v) is 4.44. The zero-order valence-corrected chi connectivity index (χ0v) is 23.2. The van der Waals surface area contributed by atoms with Gasteiger partial charge in [0.15, 0.2) is 0 Å². The lowest BCUT2D eigenvalue weighted by molar-refractivity contribution is 0.0980. The molecule has 0 heterocycles. The molecule has 0 aliphatic carbocycles. The second-order valence-electron chi connectivity index (χ2n) is 9.59. The quantitative estimate of drug-likeness (QED) is 0.281. The number of aryl methyl sites for hydroxylation is 1. The van der Waals surface area contributed by atoms with Gasteiger partial charge in [0, 0.05) is 12.1 Å². The van der Waals surface area contributed by atoms with E-state index >= 15 is 0 Å². The molecule has 0 radical (unpaired) electrons. The topological polar surface area (TPSA) is 95.5 Å². The van der Waals surface area contributed by atoms with Gasteiger partial charge in [0.2, 0.25) is 10.0 Å². The van der Waals surface area contributed by atoms with Crippen LogP contribution in [0.5, 0.6) is 0 Å². The number of amides is 1. The number of benzene rings is 3. The number of halogens is 1. The molecular weight excluding hydrogens is 508 g/mol. The maximum atomic E-state index is 12.6. The first kappa shape index (κ1) is 30.5. The molecule has 0 aromatic heterocycles. The molecule has 200 valence electrons. The predicted octanol–water partition coefficient (Wildman–Crippen LogP) is 4.92. The van der Waals surface area contributed by atoms with Crippen molar-refractivity contribution in [3.05, 3.63) is 95.1 Å². The monoisotopic (exact) mass is 544 g/mol. The van der Waals surface area contributed by atoms with E-state index in [9.17, 15) is 18.3 Å². The summed E-state index contributed by atoms with van der Waals surface area (Å²) < 4.78 is 25.2. The third-order valence-electron chi connectivity index (χ3n) is 6.02. The number of aliphatic hydroxyl groups excluding tert-OH is 1. The maximum absolute atomic E-state index is 12.6. The van der Waals surface area contributed by atoms with E-state index in [0.29, 0.717) is 24.4 Å². The molecule has 0 spiro atoms. The van der Waals surface area contributed by atoms with Gasteiger partial charge < -0.3 is 10.4 Å². The van der Waals surface area contributed by atoms with Crippen molar-refractivity contribution in [3.63, 3.8) is 0 Å². The molecule has 3 N–H and O–H groups in total. The van der Waals surface area contributed by atoms with Gasteiger partial charge in [0.05, 0.1) is 12.4 Å². The van der Waals surface area contributed by atoms with Crippen molar-refractivity contribution in [2.24, 2.45) is 5.92 Å². The largest absolute Gasteiger partial charge is 0.387 e. The van der Waals surface area contributed by atoms with E-state index in [1.54, 1.807) is 6.07 Å². The van der Waals surface area contributed by atoms with E-state index in [2.05, 4.69) is 48.2 Å².